The van der Waals surface area contributed by atoms with Gasteiger partial charge in [-0.1, -0.05) is 24.3 Å². The Morgan fingerprint density at radius 2 is 2.04 bits per heavy atom. The molecule has 0 unspecified atom stereocenters. The fourth-order valence-electron chi connectivity index (χ4n) is 1.83. The molecular weight excluding hydrogens is 296 g/mol. The molecular formula is C16H18N4O3. The molecule has 2 rings (SSSR count). The number of hydrogen-bond donors (Lipinski definition) is 1. The van der Waals surface area contributed by atoms with Crippen LogP contribution in [0.3, 0.4) is 0 Å². The molecule has 0 radical (unpaired) electrons. The summed E-state index contributed by atoms with van der Waals surface area (Å²) in [4.78, 5) is 25.2. The molecule has 1 aromatic carbocycles. The van der Waals surface area contributed by atoms with Crippen LogP contribution in [0.5, 0.6) is 0 Å². The van der Waals surface area contributed by atoms with Crippen LogP contribution in [0.4, 0.5) is 0 Å². The molecule has 2 aromatic rings. The van der Waals surface area contributed by atoms with Crippen molar-refractivity contribution in [1.82, 2.24) is 20.3 Å². The molecule has 1 aromatic heterocycles. The molecule has 7 nitrogen and oxygen atoms in total. The largest absolute Gasteiger partial charge is 0.448 e. The lowest BCUT2D eigenvalue weighted by Crippen LogP contribution is -2.36. The van der Waals surface area contributed by atoms with Crippen molar-refractivity contribution in [2.75, 3.05) is 6.54 Å². The topological polar surface area (TPSA) is 86.1 Å². The van der Waals surface area contributed by atoms with Crippen LogP contribution < -0.4 is 5.32 Å². The van der Waals surface area contributed by atoms with E-state index in [2.05, 4.69) is 22.1 Å². The smallest absolute Gasteiger partial charge is 0.361 e. The van der Waals surface area contributed by atoms with E-state index in [-0.39, 0.29) is 5.69 Å². The van der Waals surface area contributed by atoms with Crippen molar-refractivity contribution in [1.29, 1.82) is 0 Å². The number of hydrogen-bond acceptors (Lipinski definition) is 5. The number of para-hydroxylation sites is 1. The number of nitrogens with one attached hydrogen (secondary N) is 1. The number of aromatic nitrogens is 3. The Kier molecular flexibility index (Phi) is 5.24. The Morgan fingerprint density at radius 3 is 2.70 bits per heavy atom. The number of amides is 1. The van der Waals surface area contributed by atoms with Crippen LogP contribution in [0.25, 0.3) is 5.69 Å². The van der Waals surface area contributed by atoms with E-state index >= 15 is 0 Å². The van der Waals surface area contributed by atoms with Crippen molar-refractivity contribution in [2.24, 2.45) is 0 Å². The third kappa shape index (κ3) is 4.03. The van der Waals surface area contributed by atoms with Crippen LogP contribution in [-0.4, -0.2) is 39.5 Å². The fourth-order valence-corrected chi connectivity index (χ4v) is 1.83. The van der Waals surface area contributed by atoms with Gasteiger partial charge in [0.1, 0.15) is 0 Å². The van der Waals surface area contributed by atoms with Gasteiger partial charge in [-0.3, -0.25) is 4.79 Å². The minimum Gasteiger partial charge on any atom is -0.448 e. The van der Waals surface area contributed by atoms with E-state index in [4.69, 9.17) is 4.74 Å². The second kappa shape index (κ2) is 7.35. The first-order valence-electron chi connectivity index (χ1n) is 7.12. The summed E-state index contributed by atoms with van der Waals surface area (Å²) in [6, 6.07) is 9.20. The van der Waals surface area contributed by atoms with Crippen molar-refractivity contribution in [3.63, 3.8) is 0 Å². The summed E-state index contributed by atoms with van der Waals surface area (Å²) < 4.78 is 5.12. The van der Waals surface area contributed by atoms with E-state index in [1.165, 1.54) is 11.7 Å². The number of nitrogens with zero attached hydrogens (tertiary/aromatic N) is 3. The van der Waals surface area contributed by atoms with Crippen molar-refractivity contribution in [3.8, 4) is 5.69 Å². The maximum atomic E-state index is 12.2. The quantitative estimate of drug-likeness (QED) is 0.644. The van der Waals surface area contributed by atoms with Gasteiger partial charge in [0.25, 0.3) is 5.91 Å². The number of benzene rings is 1. The van der Waals surface area contributed by atoms with E-state index in [0.717, 1.165) is 5.69 Å². The summed E-state index contributed by atoms with van der Waals surface area (Å²) in [7, 11) is 0. The lowest BCUT2D eigenvalue weighted by molar-refractivity contribution is -0.128. The van der Waals surface area contributed by atoms with Gasteiger partial charge >= 0.3 is 5.97 Å². The molecule has 1 heterocycles. The van der Waals surface area contributed by atoms with Crippen LogP contribution in [-0.2, 0) is 9.53 Å². The normalized spacial score (nSPS) is 11.6. The van der Waals surface area contributed by atoms with Crippen LogP contribution >= 0.6 is 0 Å². The Morgan fingerprint density at radius 1 is 1.35 bits per heavy atom. The van der Waals surface area contributed by atoms with E-state index in [0.29, 0.717) is 12.2 Å². The minimum absolute atomic E-state index is 0.0808. The predicted octanol–water partition coefficient (Wildman–Crippen LogP) is 1.42. The zero-order valence-corrected chi connectivity index (χ0v) is 13.0. The predicted molar refractivity (Wildman–Crippen MR) is 84.2 cm³/mol. The maximum Gasteiger partial charge on any atom is 0.361 e. The van der Waals surface area contributed by atoms with Crippen molar-refractivity contribution in [3.05, 3.63) is 54.4 Å². The summed E-state index contributed by atoms with van der Waals surface area (Å²) in [5.41, 5.74) is 1.24. The molecule has 0 aliphatic rings. The first-order chi connectivity index (χ1) is 11.0. The number of esters is 1. The molecule has 0 saturated carbocycles. The lowest BCUT2D eigenvalue weighted by Gasteiger charge is -2.11. The second-order valence-corrected chi connectivity index (χ2v) is 4.84. The average molecular weight is 314 g/mol. The summed E-state index contributed by atoms with van der Waals surface area (Å²) in [5, 5.41) is 10.9. The Labute approximate surface area is 134 Å². The Bertz CT molecular complexity index is 709. The van der Waals surface area contributed by atoms with Crippen molar-refractivity contribution >= 4 is 11.9 Å². The van der Waals surface area contributed by atoms with Gasteiger partial charge in [0.2, 0.25) is 0 Å². The summed E-state index contributed by atoms with van der Waals surface area (Å²) in [5.74, 6) is -1.09. The second-order valence-electron chi connectivity index (χ2n) is 4.84. The van der Waals surface area contributed by atoms with Crippen molar-refractivity contribution in [2.45, 2.75) is 20.0 Å². The van der Waals surface area contributed by atoms with Gasteiger partial charge in [0, 0.05) is 6.54 Å². The van der Waals surface area contributed by atoms with Crippen molar-refractivity contribution < 1.29 is 14.3 Å². The highest BCUT2D eigenvalue weighted by Gasteiger charge is 2.23. The molecule has 0 fully saturated rings. The van der Waals surface area contributed by atoms with E-state index < -0.39 is 18.0 Å². The van der Waals surface area contributed by atoms with Crippen LogP contribution in [0.15, 0.2) is 43.0 Å². The van der Waals surface area contributed by atoms with E-state index in [1.54, 1.807) is 13.0 Å². The van der Waals surface area contributed by atoms with Gasteiger partial charge < -0.3 is 10.1 Å². The first-order valence-corrected chi connectivity index (χ1v) is 7.12. The van der Waals surface area contributed by atoms with E-state index in [1.807, 2.05) is 30.3 Å². The van der Waals surface area contributed by atoms with Gasteiger partial charge in [0.15, 0.2) is 11.8 Å². The number of ether oxygens (including phenoxy) is 1. The number of aryl methyl sites for hydroxylation is 1. The van der Waals surface area contributed by atoms with Gasteiger partial charge in [-0.2, -0.15) is 9.90 Å². The third-order valence-corrected chi connectivity index (χ3v) is 3.04. The zero-order chi connectivity index (χ0) is 16.8. The van der Waals surface area contributed by atoms with Crippen LogP contribution in [0.1, 0.15) is 23.1 Å². The number of rotatable bonds is 6. The van der Waals surface area contributed by atoms with Gasteiger partial charge in [0.05, 0.1) is 11.4 Å². The molecule has 0 aliphatic carbocycles. The molecule has 23 heavy (non-hydrogen) atoms. The minimum atomic E-state index is -0.927. The monoisotopic (exact) mass is 314 g/mol. The Hall–Kier alpha value is -2.96. The third-order valence-electron chi connectivity index (χ3n) is 3.04. The van der Waals surface area contributed by atoms with E-state index in [9.17, 15) is 9.59 Å². The van der Waals surface area contributed by atoms with Gasteiger partial charge in [-0.05, 0) is 26.0 Å². The molecule has 0 aliphatic heterocycles. The Balaban J connectivity index is 2.10. The first kappa shape index (κ1) is 16.4. The van der Waals surface area contributed by atoms with Gasteiger partial charge in [-0.25, -0.2) is 4.79 Å². The maximum absolute atomic E-state index is 12.2. The molecule has 0 spiro atoms. The van der Waals surface area contributed by atoms with Crippen LogP contribution in [0, 0.1) is 6.92 Å². The standard InChI is InChI=1S/C16H18N4O3/c1-4-10-17-15(21)12(3)23-16(22)14-11(2)18-20(19-14)13-8-6-5-7-9-13/h4-9,12H,1,10H2,2-3H3,(H,17,21)/t12-/m0/s1. The number of carbonyl (C=O) groups is 2. The van der Waals surface area contributed by atoms with Crippen LogP contribution in [0.2, 0.25) is 0 Å². The highest BCUT2D eigenvalue weighted by molar-refractivity contribution is 5.91. The summed E-state index contributed by atoms with van der Waals surface area (Å²) >= 11 is 0. The number of carbonyl (C=O) groups excluding carboxylic acids is 2. The SMILES string of the molecule is C=CCNC(=O)[C@H](C)OC(=O)c1nn(-c2ccccc2)nc1C. The molecule has 1 atom stereocenters. The van der Waals surface area contributed by atoms with Gasteiger partial charge in [-0.15, -0.1) is 11.7 Å². The fraction of sp³-hybridized carbons (Fsp3) is 0.250. The molecule has 1 N–H and O–H groups in total. The molecule has 120 valence electrons. The molecule has 1 amide bonds. The summed E-state index contributed by atoms with van der Waals surface area (Å²) in [6.45, 7) is 6.96. The molecule has 0 saturated heterocycles. The lowest BCUT2D eigenvalue weighted by atomic mass is 10.3. The zero-order valence-electron chi connectivity index (χ0n) is 13.0. The average Bonchev–Trinajstić information content (AvgIpc) is 2.95. The highest BCUT2D eigenvalue weighted by Crippen LogP contribution is 2.10. The molecule has 0 bridgehead atoms. The summed E-state index contributed by atoms with van der Waals surface area (Å²) in [6.07, 6.45) is 0.617. The highest BCUT2D eigenvalue weighted by atomic mass is 16.5. The molecule has 7 heteroatoms.